The third-order valence-corrected chi connectivity index (χ3v) is 2.91. The molecule has 14 heavy (non-hydrogen) atoms. The first-order valence-electron chi connectivity index (χ1n) is 5.22. The Bertz CT molecular complexity index is 269. The molecular formula is C10H20N4. The predicted molar refractivity (Wildman–Crippen MR) is 56.8 cm³/mol. The highest BCUT2D eigenvalue weighted by molar-refractivity contribution is 4.92. The summed E-state index contributed by atoms with van der Waals surface area (Å²) >= 11 is 0. The van der Waals surface area contributed by atoms with E-state index in [0.29, 0.717) is 12.0 Å². The Morgan fingerprint density at radius 3 is 2.71 bits per heavy atom. The lowest BCUT2D eigenvalue weighted by Crippen LogP contribution is -2.31. The Morgan fingerprint density at radius 2 is 2.21 bits per heavy atom. The van der Waals surface area contributed by atoms with Gasteiger partial charge in [0, 0.05) is 19.6 Å². The summed E-state index contributed by atoms with van der Waals surface area (Å²) in [5, 5.41) is 11.2. The summed E-state index contributed by atoms with van der Waals surface area (Å²) < 4.78 is 1.80. The molecule has 80 valence electrons. The van der Waals surface area contributed by atoms with Crippen LogP contribution in [0.5, 0.6) is 0 Å². The van der Waals surface area contributed by atoms with E-state index in [1.54, 1.807) is 10.9 Å². The second kappa shape index (κ2) is 5.10. The van der Waals surface area contributed by atoms with Crippen LogP contribution in [0.15, 0.2) is 6.20 Å². The number of aryl methyl sites for hydroxylation is 1. The van der Waals surface area contributed by atoms with Gasteiger partial charge in [0.25, 0.3) is 0 Å². The largest absolute Gasteiger partial charge is 0.308 e. The zero-order chi connectivity index (χ0) is 10.6. The highest BCUT2D eigenvalue weighted by Crippen LogP contribution is 2.07. The van der Waals surface area contributed by atoms with Crippen molar-refractivity contribution < 1.29 is 0 Å². The van der Waals surface area contributed by atoms with Crippen molar-refractivity contribution in [2.24, 2.45) is 13.0 Å². The van der Waals surface area contributed by atoms with E-state index in [2.05, 4.69) is 36.4 Å². The van der Waals surface area contributed by atoms with Crippen molar-refractivity contribution >= 4 is 0 Å². The zero-order valence-electron chi connectivity index (χ0n) is 9.49. The molecule has 1 rings (SSSR count). The zero-order valence-corrected chi connectivity index (χ0v) is 9.49. The monoisotopic (exact) mass is 196 g/mol. The van der Waals surface area contributed by atoms with Crippen molar-refractivity contribution in [2.45, 2.75) is 39.8 Å². The normalized spacial score (nSPS) is 15.4. The fourth-order valence-corrected chi connectivity index (χ4v) is 1.29. The van der Waals surface area contributed by atoms with Gasteiger partial charge in [0.05, 0.1) is 11.9 Å². The van der Waals surface area contributed by atoms with Crippen molar-refractivity contribution in [2.75, 3.05) is 0 Å². The molecule has 1 aromatic rings. The molecule has 0 aliphatic heterocycles. The van der Waals surface area contributed by atoms with Gasteiger partial charge in [0.15, 0.2) is 0 Å². The van der Waals surface area contributed by atoms with Crippen molar-refractivity contribution in [3.8, 4) is 0 Å². The van der Waals surface area contributed by atoms with Crippen LogP contribution in [0.1, 0.15) is 32.9 Å². The van der Waals surface area contributed by atoms with Crippen LogP contribution in [0.2, 0.25) is 0 Å². The van der Waals surface area contributed by atoms with Crippen LogP contribution < -0.4 is 5.32 Å². The van der Waals surface area contributed by atoms with Crippen molar-refractivity contribution in [1.29, 1.82) is 0 Å². The molecule has 0 aliphatic carbocycles. The van der Waals surface area contributed by atoms with Gasteiger partial charge in [-0.25, -0.2) is 0 Å². The van der Waals surface area contributed by atoms with Gasteiger partial charge in [-0.2, -0.15) is 0 Å². The SMILES string of the molecule is CCC(C)C(C)NCc1cnnn1C. The van der Waals surface area contributed by atoms with Crippen LogP contribution in [0.25, 0.3) is 0 Å². The molecule has 0 saturated carbocycles. The average Bonchev–Trinajstić information content (AvgIpc) is 2.59. The number of rotatable bonds is 5. The lowest BCUT2D eigenvalue weighted by atomic mass is 10.0. The summed E-state index contributed by atoms with van der Waals surface area (Å²) in [5.41, 5.74) is 1.13. The summed E-state index contributed by atoms with van der Waals surface area (Å²) in [6, 6.07) is 0.537. The van der Waals surface area contributed by atoms with Gasteiger partial charge in [-0.15, -0.1) is 5.10 Å². The fraction of sp³-hybridized carbons (Fsp3) is 0.800. The van der Waals surface area contributed by atoms with Crippen molar-refractivity contribution in [3.63, 3.8) is 0 Å². The topological polar surface area (TPSA) is 42.7 Å². The molecule has 0 bridgehead atoms. The van der Waals surface area contributed by atoms with E-state index < -0.39 is 0 Å². The van der Waals surface area contributed by atoms with Crippen molar-refractivity contribution in [3.05, 3.63) is 11.9 Å². The Hall–Kier alpha value is -0.900. The molecule has 1 aromatic heterocycles. The smallest absolute Gasteiger partial charge is 0.0738 e. The van der Waals surface area contributed by atoms with Gasteiger partial charge in [-0.1, -0.05) is 25.5 Å². The Labute approximate surface area is 85.7 Å². The highest BCUT2D eigenvalue weighted by Gasteiger charge is 2.09. The molecule has 1 N–H and O–H groups in total. The third-order valence-electron chi connectivity index (χ3n) is 2.91. The Morgan fingerprint density at radius 1 is 1.50 bits per heavy atom. The number of aromatic nitrogens is 3. The maximum absolute atomic E-state index is 3.89. The van der Waals surface area contributed by atoms with E-state index in [0.717, 1.165) is 12.2 Å². The summed E-state index contributed by atoms with van der Waals surface area (Å²) in [5.74, 6) is 0.705. The second-order valence-corrected chi connectivity index (χ2v) is 3.90. The molecule has 2 unspecified atom stereocenters. The van der Waals surface area contributed by atoms with Gasteiger partial charge >= 0.3 is 0 Å². The van der Waals surface area contributed by atoms with E-state index in [-0.39, 0.29) is 0 Å². The number of nitrogens with one attached hydrogen (secondary N) is 1. The molecule has 2 atom stereocenters. The first kappa shape index (κ1) is 11.2. The minimum Gasteiger partial charge on any atom is -0.308 e. The molecule has 0 aliphatic rings. The minimum atomic E-state index is 0.537. The maximum Gasteiger partial charge on any atom is 0.0738 e. The average molecular weight is 196 g/mol. The predicted octanol–water partition coefficient (Wildman–Crippen LogP) is 1.34. The summed E-state index contributed by atoms with van der Waals surface area (Å²) in [6.07, 6.45) is 3.01. The quantitative estimate of drug-likeness (QED) is 0.772. The molecular weight excluding hydrogens is 176 g/mol. The molecule has 1 heterocycles. The minimum absolute atomic E-state index is 0.537. The summed E-state index contributed by atoms with van der Waals surface area (Å²) in [7, 11) is 1.91. The maximum atomic E-state index is 3.89. The molecule has 0 fully saturated rings. The highest BCUT2D eigenvalue weighted by atomic mass is 15.4. The van der Waals surface area contributed by atoms with Gasteiger partial charge in [0.2, 0.25) is 0 Å². The van der Waals surface area contributed by atoms with E-state index in [9.17, 15) is 0 Å². The summed E-state index contributed by atoms with van der Waals surface area (Å²) in [4.78, 5) is 0. The van der Waals surface area contributed by atoms with Crippen LogP contribution >= 0.6 is 0 Å². The van der Waals surface area contributed by atoms with Gasteiger partial charge in [0.1, 0.15) is 0 Å². The van der Waals surface area contributed by atoms with E-state index >= 15 is 0 Å². The van der Waals surface area contributed by atoms with Gasteiger partial charge in [-0.3, -0.25) is 4.68 Å². The molecule has 0 amide bonds. The molecule has 0 saturated heterocycles. The van der Waals surface area contributed by atoms with Crippen LogP contribution in [-0.2, 0) is 13.6 Å². The standard InChI is InChI=1S/C10H20N4/c1-5-8(2)9(3)11-6-10-7-12-13-14(10)4/h7-9,11H,5-6H2,1-4H3. The third kappa shape index (κ3) is 2.80. The molecule has 0 aromatic carbocycles. The van der Waals surface area contributed by atoms with Crippen LogP contribution in [0.3, 0.4) is 0 Å². The Kier molecular flexibility index (Phi) is 4.07. The lowest BCUT2D eigenvalue weighted by molar-refractivity contribution is 0.385. The van der Waals surface area contributed by atoms with Crippen LogP contribution in [-0.4, -0.2) is 21.0 Å². The fourth-order valence-electron chi connectivity index (χ4n) is 1.29. The molecule has 0 radical (unpaired) electrons. The van der Waals surface area contributed by atoms with Gasteiger partial charge < -0.3 is 5.32 Å². The number of hydrogen-bond donors (Lipinski definition) is 1. The summed E-state index contributed by atoms with van der Waals surface area (Å²) in [6.45, 7) is 7.54. The second-order valence-electron chi connectivity index (χ2n) is 3.90. The van der Waals surface area contributed by atoms with E-state index in [1.165, 1.54) is 6.42 Å². The molecule has 4 nitrogen and oxygen atoms in total. The Balaban J connectivity index is 2.37. The first-order valence-corrected chi connectivity index (χ1v) is 5.22. The van der Waals surface area contributed by atoms with Crippen LogP contribution in [0, 0.1) is 5.92 Å². The molecule has 0 spiro atoms. The van der Waals surface area contributed by atoms with E-state index in [4.69, 9.17) is 0 Å². The molecule has 4 heteroatoms. The van der Waals surface area contributed by atoms with Crippen LogP contribution in [0.4, 0.5) is 0 Å². The van der Waals surface area contributed by atoms with Gasteiger partial charge in [-0.05, 0) is 12.8 Å². The number of hydrogen-bond acceptors (Lipinski definition) is 3. The first-order chi connectivity index (χ1) is 6.65. The number of nitrogens with zero attached hydrogens (tertiary/aromatic N) is 3. The lowest BCUT2D eigenvalue weighted by Gasteiger charge is -2.19. The van der Waals surface area contributed by atoms with E-state index in [1.807, 2.05) is 7.05 Å². The van der Waals surface area contributed by atoms with Crippen molar-refractivity contribution in [1.82, 2.24) is 20.3 Å².